The summed E-state index contributed by atoms with van der Waals surface area (Å²) in [7, 11) is 2.44. The Kier molecular flexibility index (Phi) is 25.9. The van der Waals surface area contributed by atoms with Crippen LogP contribution in [-0.4, -0.2) is 50.6 Å². The Labute approximate surface area is 252 Å². The van der Waals surface area contributed by atoms with E-state index in [0.717, 1.165) is 50.7 Å². The Morgan fingerprint density at radius 1 is 0.667 bits per heavy atom. The third kappa shape index (κ3) is 25.1. The number of carbonyl (C=O) groups is 4. The van der Waals surface area contributed by atoms with E-state index in [1.807, 2.05) is 6.08 Å². The van der Waals surface area contributed by atoms with E-state index < -0.39 is 23.9 Å². The van der Waals surface area contributed by atoms with E-state index >= 15 is 0 Å². The SMILES string of the molecule is CCC=CCC=CCC=CCC=CCC=CCC=CCCC(=O)NCCCC[C@H](NC(=O)C=CC(=O)OC)C(=O)OC. The maximum atomic E-state index is 12.0. The molecule has 0 unspecified atom stereocenters. The highest BCUT2D eigenvalue weighted by Gasteiger charge is 2.20. The molecule has 0 aliphatic carbocycles. The highest BCUT2D eigenvalue weighted by Crippen LogP contribution is 2.04. The molecule has 2 N–H and O–H groups in total. The van der Waals surface area contributed by atoms with Crippen LogP contribution in [0.2, 0.25) is 0 Å². The first-order valence-electron chi connectivity index (χ1n) is 14.8. The number of esters is 2. The fourth-order valence-electron chi connectivity index (χ4n) is 3.47. The smallest absolute Gasteiger partial charge is 0.330 e. The van der Waals surface area contributed by atoms with E-state index in [1.54, 1.807) is 0 Å². The van der Waals surface area contributed by atoms with Crippen LogP contribution in [0.25, 0.3) is 0 Å². The number of hydrogen-bond acceptors (Lipinski definition) is 6. The Hall–Kier alpha value is -3.94. The highest BCUT2D eigenvalue weighted by molar-refractivity contribution is 5.96. The molecule has 0 rings (SSSR count). The second-order valence-electron chi connectivity index (χ2n) is 9.24. The van der Waals surface area contributed by atoms with Crippen LogP contribution in [0, 0.1) is 0 Å². The number of allylic oxidation sites excluding steroid dienone is 12. The first-order chi connectivity index (χ1) is 20.4. The summed E-state index contributed by atoms with van der Waals surface area (Å²) < 4.78 is 9.15. The lowest BCUT2D eigenvalue weighted by molar-refractivity contribution is -0.144. The Morgan fingerprint density at radius 3 is 1.69 bits per heavy atom. The summed E-state index contributed by atoms with van der Waals surface area (Å²) in [6.07, 6.45) is 36.2. The van der Waals surface area contributed by atoms with Crippen molar-refractivity contribution in [3.8, 4) is 0 Å². The van der Waals surface area contributed by atoms with E-state index in [-0.39, 0.29) is 5.91 Å². The lowest BCUT2D eigenvalue weighted by atomic mass is 10.1. The van der Waals surface area contributed by atoms with Crippen LogP contribution in [-0.2, 0) is 28.7 Å². The summed E-state index contributed by atoms with van der Waals surface area (Å²) >= 11 is 0. The second-order valence-corrected chi connectivity index (χ2v) is 9.24. The standard InChI is InChI=1S/C34H50N2O6/c1-4-5-6-7-8-9-10-11-12-13-14-15-16-17-18-19-20-21-22-26-31(37)35-29-24-23-25-30(34(40)42-3)36-32(38)27-28-33(39)41-2/h5-6,8-9,11-12,14-15,17-18,20-21,27-28,30H,4,7,10,13,16,19,22-26,29H2,1-3H3,(H,35,37)(H,36,38)/t30-/m0/s1. The zero-order valence-corrected chi connectivity index (χ0v) is 25.6. The molecule has 232 valence electrons. The third-order valence-corrected chi connectivity index (χ3v) is 5.75. The fourth-order valence-corrected chi connectivity index (χ4v) is 3.47. The lowest BCUT2D eigenvalue weighted by Crippen LogP contribution is -2.41. The molecule has 0 heterocycles. The molecule has 0 aromatic rings. The van der Waals surface area contributed by atoms with Gasteiger partial charge in [-0.25, -0.2) is 9.59 Å². The summed E-state index contributed by atoms with van der Waals surface area (Å²) in [5, 5.41) is 5.37. The molecule has 0 aliphatic rings. The van der Waals surface area contributed by atoms with Crippen molar-refractivity contribution < 1.29 is 28.7 Å². The fraction of sp³-hybridized carbons (Fsp3) is 0.471. The lowest BCUT2D eigenvalue weighted by Gasteiger charge is -2.15. The molecule has 0 spiro atoms. The van der Waals surface area contributed by atoms with Gasteiger partial charge >= 0.3 is 11.9 Å². The van der Waals surface area contributed by atoms with Crippen molar-refractivity contribution >= 4 is 23.8 Å². The van der Waals surface area contributed by atoms with Gasteiger partial charge in [-0.05, 0) is 64.2 Å². The van der Waals surface area contributed by atoms with Crippen LogP contribution < -0.4 is 10.6 Å². The first kappa shape index (κ1) is 38.1. The van der Waals surface area contributed by atoms with Gasteiger partial charge in [-0.1, -0.05) is 79.8 Å². The van der Waals surface area contributed by atoms with E-state index in [0.29, 0.717) is 38.6 Å². The molecular formula is C34H50N2O6. The minimum Gasteiger partial charge on any atom is -0.467 e. The predicted octanol–water partition coefficient (Wildman–Crippen LogP) is 6.14. The number of nitrogens with one attached hydrogen (secondary N) is 2. The largest absolute Gasteiger partial charge is 0.467 e. The molecule has 0 bridgehead atoms. The van der Waals surface area contributed by atoms with E-state index in [9.17, 15) is 19.2 Å². The summed E-state index contributed by atoms with van der Waals surface area (Å²) in [6, 6.07) is -0.839. The Balaban J connectivity index is 3.92. The molecular weight excluding hydrogens is 532 g/mol. The van der Waals surface area contributed by atoms with Gasteiger partial charge < -0.3 is 20.1 Å². The monoisotopic (exact) mass is 582 g/mol. The summed E-state index contributed by atoms with van der Waals surface area (Å²) in [4.78, 5) is 46.9. The number of unbranched alkanes of at least 4 members (excludes halogenated alkanes) is 1. The van der Waals surface area contributed by atoms with E-state index in [1.165, 1.54) is 14.2 Å². The summed E-state index contributed by atoms with van der Waals surface area (Å²) in [5.74, 6) is -1.87. The van der Waals surface area contributed by atoms with Crippen LogP contribution in [0.15, 0.2) is 85.1 Å². The van der Waals surface area contributed by atoms with Crippen LogP contribution in [0.4, 0.5) is 0 Å². The zero-order valence-electron chi connectivity index (χ0n) is 25.6. The molecule has 2 amide bonds. The van der Waals surface area contributed by atoms with Gasteiger partial charge in [0.25, 0.3) is 0 Å². The molecule has 8 nitrogen and oxygen atoms in total. The van der Waals surface area contributed by atoms with Gasteiger partial charge in [-0.3, -0.25) is 9.59 Å². The van der Waals surface area contributed by atoms with Crippen molar-refractivity contribution in [3.05, 3.63) is 85.1 Å². The molecule has 0 aromatic heterocycles. The molecule has 42 heavy (non-hydrogen) atoms. The van der Waals surface area contributed by atoms with Crippen molar-refractivity contribution in [1.82, 2.24) is 10.6 Å². The second kappa shape index (κ2) is 28.6. The van der Waals surface area contributed by atoms with E-state index in [2.05, 4.69) is 89.1 Å². The van der Waals surface area contributed by atoms with Crippen molar-refractivity contribution in [1.29, 1.82) is 0 Å². The summed E-state index contributed by atoms with van der Waals surface area (Å²) in [5.41, 5.74) is 0. The van der Waals surface area contributed by atoms with Gasteiger partial charge in [0.05, 0.1) is 14.2 Å². The van der Waals surface area contributed by atoms with E-state index in [4.69, 9.17) is 4.74 Å². The number of methoxy groups -OCH3 is 2. The molecule has 0 radical (unpaired) electrons. The van der Waals surface area contributed by atoms with Gasteiger partial charge in [0.15, 0.2) is 0 Å². The zero-order chi connectivity index (χ0) is 31.1. The predicted molar refractivity (Wildman–Crippen MR) is 169 cm³/mol. The van der Waals surface area contributed by atoms with Crippen molar-refractivity contribution in [2.75, 3.05) is 20.8 Å². The highest BCUT2D eigenvalue weighted by atomic mass is 16.5. The van der Waals surface area contributed by atoms with Crippen LogP contribution in [0.1, 0.15) is 77.6 Å². The molecule has 8 heteroatoms. The summed E-state index contributed by atoms with van der Waals surface area (Å²) in [6.45, 7) is 2.62. The van der Waals surface area contributed by atoms with Gasteiger partial charge in [0.1, 0.15) is 6.04 Å². The van der Waals surface area contributed by atoms with Crippen molar-refractivity contribution in [3.63, 3.8) is 0 Å². The average Bonchev–Trinajstić information content (AvgIpc) is 2.99. The molecule has 0 saturated carbocycles. The maximum Gasteiger partial charge on any atom is 0.330 e. The molecule has 0 aliphatic heterocycles. The topological polar surface area (TPSA) is 111 Å². The van der Waals surface area contributed by atoms with Crippen molar-refractivity contribution in [2.45, 2.75) is 83.6 Å². The Bertz CT molecular complexity index is 973. The number of hydrogen-bond donors (Lipinski definition) is 2. The third-order valence-electron chi connectivity index (χ3n) is 5.75. The van der Waals surface area contributed by atoms with Crippen LogP contribution in [0.3, 0.4) is 0 Å². The average molecular weight is 583 g/mol. The number of ether oxygens (including phenoxy) is 2. The first-order valence-corrected chi connectivity index (χ1v) is 14.8. The van der Waals surface area contributed by atoms with Gasteiger partial charge in [0.2, 0.25) is 11.8 Å². The normalized spacial score (nSPS) is 12.9. The molecule has 1 atom stereocenters. The van der Waals surface area contributed by atoms with Gasteiger partial charge in [-0.2, -0.15) is 0 Å². The van der Waals surface area contributed by atoms with Crippen LogP contribution >= 0.6 is 0 Å². The minimum atomic E-state index is -0.839. The van der Waals surface area contributed by atoms with Gasteiger partial charge in [-0.15, -0.1) is 0 Å². The van der Waals surface area contributed by atoms with Gasteiger partial charge in [0, 0.05) is 25.1 Å². The maximum absolute atomic E-state index is 12.0. The molecule has 0 aromatic carbocycles. The molecule has 0 saturated heterocycles. The Morgan fingerprint density at radius 2 is 1.19 bits per heavy atom. The minimum absolute atomic E-state index is 0.0275. The van der Waals surface area contributed by atoms with Crippen molar-refractivity contribution in [2.24, 2.45) is 0 Å². The molecule has 0 fully saturated rings. The number of carbonyl (C=O) groups excluding carboxylic acids is 4. The quantitative estimate of drug-likeness (QED) is 0.0648. The number of rotatable bonds is 23. The van der Waals surface area contributed by atoms with Crippen LogP contribution in [0.5, 0.6) is 0 Å². The number of amides is 2.